The van der Waals surface area contributed by atoms with Gasteiger partial charge in [0.1, 0.15) is 12.2 Å². The number of amides is 1. The summed E-state index contributed by atoms with van der Waals surface area (Å²) in [7, 11) is 0. The molecule has 1 fully saturated rings. The smallest absolute Gasteiger partial charge is 0.325 e. The van der Waals surface area contributed by atoms with Crippen LogP contribution in [0.2, 0.25) is 0 Å². The Balaban J connectivity index is 1.70. The van der Waals surface area contributed by atoms with Gasteiger partial charge in [0.2, 0.25) is 0 Å². The predicted molar refractivity (Wildman–Crippen MR) is 70.5 cm³/mol. The number of aromatic nitrogens is 3. The molecule has 0 unspecified atom stereocenters. The molecule has 0 spiro atoms. The molecule has 2 aromatic rings. The zero-order valence-corrected chi connectivity index (χ0v) is 10.7. The Labute approximate surface area is 114 Å². The van der Waals surface area contributed by atoms with E-state index in [1.54, 1.807) is 6.07 Å². The van der Waals surface area contributed by atoms with Crippen LogP contribution in [-0.2, 0) is 11.3 Å². The van der Waals surface area contributed by atoms with Gasteiger partial charge in [-0.05, 0) is 25.0 Å². The summed E-state index contributed by atoms with van der Waals surface area (Å²) in [6.45, 7) is -0.228. The summed E-state index contributed by atoms with van der Waals surface area (Å²) in [6.07, 6.45) is 7.04. The fourth-order valence-electron chi connectivity index (χ4n) is 2.11. The maximum absolute atomic E-state index is 12.2. The number of anilines is 1. The number of carbonyl (C=O) groups is 2. The van der Waals surface area contributed by atoms with Gasteiger partial charge in [0.05, 0.1) is 11.9 Å². The van der Waals surface area contributed by atoms with Crippen molar-refractivity contribution in [1.29, 1.82) is 0 Å². The van der Waals surface area contributed by atoms with Gasteiger partial charge in [0, 0.05) is 18.4 Å². The molecule has 1 aliphatic carbocycles. The number of nitrogens with zero attached hydrogens (tertiary/aromatic N) is 3. The molecule has 0 bridgehead atoms. The fraction of sp³-hybridized carbons (Fsp3) is 0.308. The van der Waals surface area contributed by atoms with E-state index in [-0.39, 0.29) is 12.5 Å². The normalized spacial score (nSPS) is 14.2. The van der Waals surface area contributed by atoms with Crippen LogP contribution in [0.1, 0.15) is 29.4 Å². The van der Waals surface area contributed by atoms with Crippen molar-refractivity contribution >= 4 is 17.6 Å². The summed E-state index contributed by atoms with van der Waals surface area (Å²) >= 11 is 0. The molecule has 1 amide bonds. The minimum absolute atomic E-state index is 0.211. The van der Waals surface area contributed by atoms with E-state index in [0.717, 1.165) is 12.8 Å². The van der Waals surface area contributed by atoms with Crippen LogP contribution in [0, 0.1) is 0 Å². The molecule has 7 nitrogen and oxygen atoms in total. The second-order valence-corrected chi connectivity index (χ2v) is 4.81. The molecule has 20 heavy (non-hydrogen) atoms. The minimum Gasteiger partial charge on any atom is -0.480 e. The zero-order valence-electron chi connectivity index (χ0n) is 10.7. The van der Waals surface area contributed by atoms with Crippen LogP contribution in [0.15, 0.2) is 30.7 Å². The average Bonchev–Trinajstić information content (AvgIpc) is 2.95. The Morgan fingerprint density at radius 2 is 2.25 bits per heavy atom. The predicted octanol–water partition coefficient (Wildman–Crippen LogP) is 1.36. The lowest BCUT2D eigenvalue weighted by atomic mass is 10.4. The molecule has 2 N–H and O–H groups in total. The van der Waals surface area contributed by atoms with Crippen molar-refractivity contribution in [3.05, 3.63) is 36.4 Å². The van der Waals surface area contributed by atoms with E-state index in [9.17, 15) is 9.59 Å². The first kappa shape index (κ1) is 12.5. The van der Waals surface area contributed by atoms with Gasteiger partial charge in [-0.1, -0.05) is 0 Å². The Morgan fingerprint density at radius 3 is 2.95 bits per heavy atom. The van der Waals surface area contributed by atoms with Crippen LogP contribution in [-0.4, -0.2) is 31.3 Å². The van der Waals surface area contributed by atoms with Crippen molar-refractivity contribution < 1.29 is 14.7 Å². The van der Waals surface area contributed by atoms with Gasteiger partial charge < -0.3 is 15.0 Å². The molecule has 0 aromatic carbocycles. The molecular formula is C13H14N4O3. The Morgan fingerprint density at radius 1 is 1.45 bits per heavy atom. The molecule has 0 aliphatic heterocycles. The van der Waals surface area contributed by atoms with Crippen LogP contribution in [0.5, 0.6) is 0 Å². The van der Waals surface area contributed by atoms with Crippen molar-refractivity contribution in [2.24, 2.45) is 0 Å². The van der Waals surface area contributed by atoms with Gasteiger partial charge in [-0.25, -0.2) is 0 Å². The monoisotopic (exact) mass is 274 g/mol. The number of aliphatic carboxylic acids is 1. The maximum atomic E-state index is 12.2. The first-order chi connectivity index (χ1) is 9.63. The topological polar surface area (TPSA) is 89.1 Å². The molecule has 3 rings (SSSR count). The van der Waals surface area contributed by atoms with Crippen LogP contribution < -0.4 is 5.32 Å². The molecule has 0 saturated heterocycles. The van der Waals surface area contributed by atoms with Crippen molar-refractivity contribution in [2.75, 3.05) is 5.32 Å². The van der Waals surface area contributed by atoms with Gasteiger partial charge in [0.25, 0.3) is 5.91 Å². The number of carboxylic acid groups (broad SMARTS) is 1. The standard InChI is InChI=1S/C13H14N4O3/c18-12(19)8-16-7-9(6-14-16)15-13(20)11-2-1-5-17(11)10-3-4-10/h1-2,5-7,10H,3-4,8H2,(H,15,20)(H,18,19). The third kappa shape index (κ3) is 2.56. The van der Waals surface area contributed by atoms with Crippen molar-refractivity contribution in [3.63, 3.8) is 0 Å². The highest BCUT2D eigenvalue weighted by Crippen LogP contribution is 2.36. The van der Waals surface area contributed by atoms with Gasteiger partial charge in [-0.15, -0.1) is 0 Å². The fourth-order valence-corrected chi connectivity index (χ4v) is 2.11. The second kappa shape index (κ2) is 4.84. The lowest BCUT2D eigenvalue weighted by Gasteiger charge is -2.07. The molecule has 2 aromatic heterocycles. The van der Waals surface area contributed by atoms with Gasteiger partial charge in [-0.3, -0.25) is 14.3 Å². The quantitative estimate of drug-likeness (QED) is 0.861. The van der Waals surface area contributed by atoms with E-state index in [1.165, 1.54) is 17.1 Å². The molecule has 2 heterocycles. The highest BCUT2D eigenvalue weighted by Gasteiger charge is 2.26. The van der Waals surface area contributed by atoms with Crippen LogP contribution >= 0.6 is 0 Å². The lowest BCUT2D eigenvalue weighted by molar-refractivity contribution is -0.137. The molecular weight excluding hydrogens is 260 g/mol. The number of carboxylic acids is 1. The van der Waals surface area contributed by atoms with Gasteiger partial charge in [0.15, 0.2) is 0 Å². The Bertz CT molecular complexity index is 654. The number of rotatable bonds is 5. The van der Waals surface area contributed by atoms with Gasteiger partial charge in [-0.2, -0.15) is 5.10 Å². The Kier molecular flexibility index (Phi) is 3.02. The minimum atomic E-state index is -0.978. The molecule has 0 radical (unpaired) electrons. The highest BCUT2D eigenvalue weighted by atomic mass is 16.4. The lowest BCUT2D eigenvalue weighted by Crippen LogP contribution is -2.16. The molecule has 1 aliphatic rings. The molecule has 104 valence electrons. The van der Waals surface area contributed by atoms with E-state index in [0.29, 0.717) is 17.4 Å². The maximum Gasteiger partial charge on any atom is 0.325 e. The highest BCUT2D eigenvalue weighted by molar-refractivity contribution is 6.03. The molecule has 1 saturated carbocycles. The van der Waals surface area contributed by atoms with E-state index >= 15 is 0 Å². The Hall–Kier alpha value is -2.57. The van der Waals surface area contributed by atoms with Crippen molar-refractivity contribution in [2.45, 2.75) is 25.4 Å². The third-order valence-corrected chi connectivity index (χ3v) is 3.14. The number of nitrogens with one attached hydrogen (secondary N) is 1. The second-order valence-electron chi connectivity index (χ2n) is 4.81. The molecule has 7 heteroatoms. The number of hydrogen-bond acceptors (Lipinski definition) is 3. The van der Waals surface area contributed by atoms with E-state index in [4.69, 9.17) is 5.11 Å². The van der Waals surface area contributed by atoms with Gasteiger partial charge >= 0.3 is 5.97 Å². The van der Waals surface area contributed by atoms with E-state index in [2.05, 4.69) is 10.4 Å². The molecule has 0 atom stereocenters. The van der Waals surface area contributed by atoms with Crippen LogP contribution in [0.4, 0.5) is 5.69 Å². The van der Waals surface area contributed by atoms with E-state index < -0.39 is 5.97 Å². The summed E-state index contributed by atoms with van der Waals surface area (Å²) in [4.78, 5) is 22.7. The largest absolute Gasteiger partial charge is 0.480 e. The first-order valence-electron chi connectivity index (χ1n) is 6.36. The average molecular weight is 274 g/mol. The number of carbonyl (C=O) groups excluding carboxylic acids is 1. The van der Waals surface area contributed by atoms with Crippen molar-refractivity contribution in [1.82, 2.24) is 14.3 Å². The van der Waals surface area contributed by atoms with E-state index in [1.807, 2.05) is 16.8 Å². The summed E-state index contributed by atoms with van der Waals surface area (Å²) < 4.78 is 3.23. The van der Waals surface area contributed by atoms with Crippen molar-refractivity contribution in [3.8, 4) is 0 Å². The summed E-state index contributed by atoms with van der Waals surface area (Å²) in [5.41, 5.74) is 1.10. The van der Waals surface area contributed by atoms with Crippen LogP contribution in [0.25, 0.3) is 0 Å². The first-order valence-corrected chi connectivity index (χ1v) is 6.36. The third-order valence-electron chi connectivity index (χ3n) is 3.14. The zero-order chi connectivity index (χ0) is 14.1. The van der Waals surface area contributed by atoms with Crippen LogP contribution in [0.3, 0.4) is 0 Å². The number of hydrogen-bond donors (Lipinski definition) is 2. The summed E-state index contributed by atoms with van der Waals surface area (Å²) in [6, 6.07) is 4.05. The summed E-state index contributed by atoms with van der Waals surface area (Å²) in [5, 5.41) is 15.3. The summed E-state index contributed by atoms with van der Waals surface area (Å²) in [5.74, 6) is -1.19. The SMILES string of the molecule is O=C(O)Cn1cc(NC(=O)c2cccn2C2CC2)cn1.